The van der Waals surface area contributed by atoms with Crippen molar-refractivity contribution in [3.8, 4) is 0 Å². The minimum Gasteiger partial charge on any atom is -0.393 e. The Bertz CT molecular complexity index is 344. The van der Waals surface area contributed by atoms with Crippen LogP contribution < -0.4 is 5.73 Å². The van der Waals surface area contributed by atoms with Gasteiger partial charge in [0.05, 0.1) is 6.10 Å². The van der Waals surface area contributed by atoms with Crippen molar-refractivity contribution in [3.05, 3.63) is 35.4 Å². The van der Waals surface area contributed by atoms with Crippen LogP contribution in [0.1, 0.15) is 49.1 Å². The van der Waals surface area contributed by atoms with E-state index in [4.69, 9.17) is 5.73 Å². The van der Waals surface area contributed by atoms with Gasteiger partial charge in [-0.3, -0.25) is 0 Å². The second-order valence-electron chi connectivity index (χ2n) is 4.92. The molecule has 1 aliphatic rings. The summed E-state index contributed by atoms with van der Waals surface area (Å²) in [5.74, 6) is 1.05. The van der Waals surface area contributed by atoms with Crippen molar-refractivity contribution < 1.29 is 5.11 Å². The van der Waals surface area contributed by atoms with Crippen molar-refractivity contribution in [2.75, 3.05) is 6.54 Å². The van der Waals surface area contributed by atoms with E-state index in [1.807, 2.05) is 6.92 Å². The van der Waals surface area contributed by atoms with Gasteiger partial charge in [-0.2, -0.15) is 0 Å². The molecule has 16 heavy (non-hydrogen) atoms. The lowest BCUT2D eigenvalue weighted by molar-refractivity contribution is 0.175. The average molecular weight is 219 g/mol. The minimum atomic E-state index is -0.277. The van der Waals surface area contributed by atoms with Crippen LogP contribution >= 0.6 is 0 Å². The zero-order valence-corrected chi connectivity index (χ0v) is 9.89. The molecule has 1 saturated carbocycles. The van der Waals surface area contributed by atoms with Crippen molar-refractivity contribution in [2.24, 2.45) is 5.73 Å². The van der Waals surface area contributed by atoms with Gasteiger partial charge in [-0.15, -0.1) is 0 Å². The molecule has 1 aliphatic carbocycles. The van der Waals surface area contributed by atoms with Crippen LogP contribution in [0, 0.1) is 0 Å². The van der Waals surface area contributed by atoms with Gasteiger partial charge in [0, 0.05) is 0 Å². The molecule has 0 heterocycles. The van der Waals surface area contributed by atoms with Crippen LogP contribution in [-0.2, 0) is 0 Å². The normalized spacial score (nSPS) is 19.4. The molecule has 1 aromatic rings. The molecule has 2 heteroatoms. The van der Waals surface area contributed by atoms with Crippen molar-refractivity contribution in [3.63, 3.8) is 0 Å². The zero-order chi connectivity index (χ0) is 11.5. The Balaban J connectivity index is 2.22. The minimum absolute atomic E-state index is 0.277. The Morgan fingerprint density at radius 2 is 2.06 bits per heavy atom. The predicted octanol–water partition coefficient (Wildman–Crippen LogP) is 2.38. The zero-order valence-electron chi connectivity index (χ0n) is 9.89. The molecule has 1 fully saturated rings. The fourth-order valence-corrected chi connectivity index (χ4v) is 2.41. The van der Waals surface area contributed by atoms with Gasteiger partial charge in [0.2, 0.25) is 0 Å². The lowest BCUT2D eigenvalue weighted by Crippen LogP contribution is -2.18. The molecule has 0 aromatic heterocycles. The molecule has 0 bridgehead atoms. The molecular formula is C14H21NO. The Hall–Kier alpha value is -0.860. The maximum atomic E-state index is 9.50. The molecule has 1 aromatic carbocycles. The quantitative estimate of drug-likeness (QED) is 0.798. The summed E-state index contributed by atoms with van der Waals surface area (Å²) in [6.45, 7) is 2.46. The standard InChI is InChI=1S/C14H21NO/c1-10(16)8-12(9-15)14-5-3-2-4-13(14)11-6-7-11/h2-5,10-12,16H,6-9,15H2,1H3. The fraction of sp³-hybridized carbons (Fsp3) is 0.571. The Kier molecular flexibility index (Phi) is 3.62. The van der Waals surface area contributed by atoms with Crippen molar-refractivity contribution in [2.45, 2.75) is 44.1 Å². The number of hydrogen-bond acceptors (Lipinski definition) is 2. The summed E-state index contributed by atoms with van der Waals surface area (Å²) in [6.07, 6.45) is 3.10. The third kappa shape index (κ3) is 2.63. The molecule has 0 saturated heterocycles. The molecule has 0 aliphatic heterocycles. The SMILES string of the molecule is CC(O)CC(CN)c1ccccc1C1CC1. The first-order valence-corrected chi connectivity index (χ1v) is 6.19. The molecule has 0 amide bonds. The highest BCUT2D eigenvalue weighted by Gasteiger charge is 2.27. The van der Waals surface area contributed by atoms with E-state index >= 15 is 0 Å². The van der Waals surface area contributed by atoms with Crippen LogP contribution in [0.2, 0.25) is 0 Å². The summed E-state index contributed by atoms with van der Waals surface area (Å²) in [5.41, 5.74) is 8.64. The van der Waals surface area contributed by atoms with Gasteiger partial charge in [-0.05, 0) is 55.7 Å². The predicted molar refractivity (Wildman–Crippen MR) is 66.5 cm³/mol. The topological polar surface area (TPSA) is 46.2 Å². The third-order valence-corrected chi connectivity index (χ3v) is 3.36. The second-order valence-corrected chi connectivity index (χ2v) is 4.92. The first-order valence-electron chi connectivity index (χ1n) is 6.19. The van der Waals surface area contributed by atoms with E-state index < -0.39 is 0 Å². The second kappa shape index (κ2) is 4.98. The van der Waals surface area contributed by atoms with Crippen LogP contribution in [0.25, 0.3) is 0 Å². The van der Waals surface area contributed by atoms with E-state index in [-0.39, 0.29) is 6.10 Å². The van der Waals surface area contributed by atoms with Gasteiger partial charge in [0.25, 0.3) is 0 Å². The van der Waals surface area contributed by atoms with Gasteiger partial charge in [-0.25, -0.2) is 0 Å². The smallest absolute Gasteiger partial charge is 0.0518 e. The third-order valence-electron chi connectivity index (χ3n) is 3.36. The van der Waals surface area contributed by atoms with E-state index in [9.17, 15) is 5.11 Å². The van der Waals surface area contributed by atoms with Gasteiger partial charge in [0.15, 0.2) is 0 Å². The highest BCUT2D eigenvalue weighted by Crippen LogP contribution is 2.43. The highest BCUT2D eigenvalue weighted by molar-refractivity contribution is 5.36. The Morgan fingerprint density at radius 3 is 2.62 bits per heavy atom. The van der Waals surface area contributed by atoms with Crippen molar-refractivity contribution >= 4 is 0 Å². The molecule has 3 N–H and O–H groups in total. The number of nitrogens with two attached hydrogens (primary N) is 1. The summed E-state index contributed by atoms with van der Waals surface area (Å²) in [4.78, 5) is 0. The van der Waals surface area contributed by atoms with Crippen LogP contribution in [0.3, 0.4) is 0 Å². The van der Waals surface area contributed by atoms with Crippen LogP contribution in [-0.4, -0.2) is 17.8 Å². The molecule has 2 atom stereocenters. The summed E-state index contributed by atoms with van der Waals surface area (Å²) in [5, 5.41) is 9.50. The summed E-state index contributed by atoms with van der Waals surface area (Å²) in [6, 6.07) is 8.57. The molecule has 2 unspecified atom stereocenters. The maximum absolute atomic E-state index is 9.50. The summed E-state index contributed by atoms with van der Waals surface area (Å²) >= 11 is 0. The highest BCUT2D eigenvalue weighted by atomic mass is 16.3. The van der Waals surface area contributed by atoms with Crippen molar-refractivity contribution in [1.29, 1.82) is 0 Å². The molecule has 2 rings (SSSR count). The van der Waals surface area contributed by atoms with Crippen LogP contribution in [0.4, 0.5) is 0 Å². The monoisotopic (exact) mass is 219 g/mol. The van der Waals surface area contributed by atoms with E-state index in [1.54, 1.807) is 0 Å². The van der Waals surface area contributed by atoms with Crippen LogP contribution in [0.15, 0.2) is 24.3 Å². The molecular weight excluding hydrogens is 198 g/mol. The van der Waals surface area contributed by atoms with E-state index in [0.717, 1.165) is 12.3 Å². The van der Waals surface area contributed by atoms with Gasteiger partial charge >= 0.3 is 0 Å². The number of aliphatic hydroxyl groups is 1. The van der Waals surface area contributed by atoms with Gasteiger partial charge < -0.3 is 10.8 Å². The van der Waals surface area contributed by atoms with Crippen LogP contribution in [0.5, 0.6) is 0 Å². The van der Waals surface area contributed by atoms with E-state index in [0.29, 0.717) is 12.5 Å². The first kappa shape index (κ1) is 11.6. The lowest BCUT2D eigenvalue weighted by Gasteiger charge is -2.20. The van der Waals surface area contributed by atoms with Gasteiger partial charge in [0.1, 0.15) is 0 Å². The van der Waals surface area contributed by atoms with Crippen molar-refractivity contribution in [1.82, 2.24) is 0 Å². The largest absolute Gasteiger partial charge is 0.393 e. The lowest BCUT2D eigenvalue weighted by atomic mass is 9.88. The number of benzene rings is 1. The summed E-state index contributed by atoms with van der Waals surface area (Å²) in [7, 11) is 0. The Labute approximate surface area is 97.5 Å². The number of aliphatic hydroxyl groups excluding tert-OH is 1. The number of rotatable bonds is 5. The molecule has 0 spiro atoms. The summed E-state index contributed by atoms with van der Waals surface area (Å²) < 4.78 is 0. The fourth-order valence-electron chi connectivity index (χ4n) is 2.41. The van der Waals surface area contributed by atoms with Gasteiger partial charge in [-0.1, -0.05) is 24.3 Å². The molecule has 88 valence electrons. The molecule has 2 nitrogen and oxygen atoms in total. The molecule has 0 radical (unpaired) electrons. The van der Waals surface area contributed by atoms with E-state index in [1.165, 1.54) is 24.0 Å². The average Bonchev–Trinajstić information content (AvgIpc) is 3.09. The number of hydrogen-bond donors (Lipinski definition) is 2. The first-order chi connectivity index (χ1) is 7.72. The van der Waals surface area contributed by atoms with E-state index in [2.05, 4.69) is 24.3 Å². The maximum Gasteiger partial charge on any atom is 0.0518 e. The Morgan fingerprint density at radius 1 is 1.38 bits per heavy atom.